The van der Waals surface area contributed by atoms with Crippen LogP contribution in [0.5, 0.6) is 0 Å². The molecule has 1 aromatic heterocycles. The summed E-state index contributed by atoms with van der Waals surface area (Å²) >= 11 is 5.26. The standard InChI is InChI=1S/C11H12BrNS/c1-7(5-13)10-6-14-11-4-8(12)2-3-9(10)11/h2-4,6-7H,5,13H2,1H3. The maximum atomic E-state index is 5.68. The molecular weight excluding hydrogens is 258 g/mol. The van der Waals surface area contributed by atoms with Gasteiger partial charge >= 0.3 is 0 Å². The van der Waals surface area contributed by atoms with Crippen LogP contribution in [-0.2, 0) is 0 Å². The molecule has 0 amide bonds. The zero-order valence-corrected chi connectivity index (χ0v) is 10.4. The average molecular weight is 270 g/mol. The summed E-state index contributed by atoms with van der Waals surface area (Å²) in [7, 11) is 0. The van der Waals surface area contributed by atoms with Crippen molar-refractivity contribution in [1.29, 1.82) is 0 Å². The van der Waals surface area contributed by atoms with Gasteiger partial charge in [-0.25, -0.2) is 0 Å². The lowest BCUT2D eigenvalue weighted by molar-refractivity contribution is 0.783. The molecule has 1 heterocycles. The van der Waals surface area contributed by atoms with Crippen molar-refractivity contribution in [3.63, 3.8) is 0 Å². The van der Waals surface area contributed by atoms with Gasteiger partial charge in [0.25, 0.3) is 0 Å². The Morgan fingerprint density at radius 1 is 1.50 bits per heavy atom. The molecule has 0 fully saturated rings. The van der Waals surface area contributed by atoms with Gasteiger partial charge in [0.2, 0.25) is 0 Å². The van der Waals surface area contributed by atoms with Crippen molar-refractivity contribution < 1.29 is 0 Å². The molecule has 1 aromatic carbocycles. The lowest BCUT2D eigenvalue weighted by Crippen LogP contribution is -2.08. The molecule has 74 valence electrons. The van der Waals surface area contributed by atoms with Crippen molar-refractivity contribution in [1.82, 2.24) is 0 Å². The SMILES string of the molecule is CC(CN)c1csc2cc(Br)ccc12. The van der Waals surface area contributed by atoms with Gasteiger partial charge in [0.05, 0.1) is 0 Å². The minimum atomic E-state index is 0.449. The Kier molecular flexibility index (Phi) is 2.91. The van der Waals surface area contributed by atoms with E-state index in [1.165, 1.54) is 15.6 Å². The number of benzene rings is 1. The molecule has 0 bridgehead atoms. The number of rotatable bonds is 2. The molecule has 0 aliphatic carbocycles. The van der Waals surface area contributed by atoms with Crippen LogP contribution in [0.25, 0.3) is 10.1 Å². The van der Waals surface area contributed by atoms with Crippen LogP contribution >= 0.6 is 27.3 Å². The number of hydrogen-bond acceptors (Lipinski definition) is 2. The number of hydrogen-bond donors (Lipinski definition) is 1. The fraction of sp³-hybridized carbons (Fsp3) is 0.273. The van der Waals surface area contributed by atoms with Crippen LogP contribution in [-0.4, -0.2) is 6.54 Å². The molecule has 1 unspecified atom stereocenters. The average Bonchev–Trinajstić information content (AvgIpc) is 2.59. The number of thiophene rings is 1. The van der Waals surface area contributed by atoms with Gasteiger partial charge in [0.15, 0.2) is 0 Å². The maximum Gasteiger partial charge on any atom is 0.0356 e. The fourth-order valence-electron chi connectivity index (χ4n) is 1.53. The second kappa shape index (κ2) is 4.01. The Balaban J connectivity index is 2.58. The largest absolute Gasteiger partial charge is 0.330 e. The molecule has 0 radical (unpaired) electrons. The first-order valence-electron chi connectivity index (χ1n) is 4.59. The van der Waals surface area contributed by atoms with Gasteiger partial charge in [-0.1, -0.05) is 28.9 Å². The zero-order valence-electron chi connectivity index (χ0n) is 7.96. The summed E-state index contributed by atoms with van der Waals surface area (Å²) in [6.45, 7) is 2.88. The monoisotopic (exact) mass is 269 g/mol. The summed E-state index contributed by atoms with van der Waals surface area (Å²) in [6, 6.07) is 6.41. The van der Waals surface area contributed by atoms with E-state index in [4.69, 9.17) is 5.73 Å². The molecule has 1 atom stereocenters. The number of nitrogens with two attached hydrogens (primary N) is 1. The van der Waals surface area contributed by atoms with Crippen molar-refractivity contribution in [2.75, 3.05) is 6.54 Å². The summed E-state index contributed by atoms with van der Waals surface area (Å²) < 4.78 is 2.47. The Bertz CT molecular complexity index is 449. The zero-order chi connectivity index (χ0) is 10.1. The highest BCUT2D eigenvalue weighted by Crippen LogP contribution is 2.32. The minimum Gasteiger partial charge on any atom is -0.330 e. The summed E-state index contributed by atoms with van der Waals surface area (Å²) in [5.74, 6) is 0.449. The predicted octanol–water partition coefficient (Wildman–Crippen LogP) is 3.73. The minimum absolute atomic E-state index is 0.449. The molecule has 0 spiro atoms. The van der Waals surface area contributed by atoms with E-state index in [9.17, 15) is 0 Å². The third-order valence-electron chi connectivity index (χ3n) is 2.45. The van der Waals surface area contributed by atoms with E-state index < -0.39 is 0 Å². The van der Waals surface area contributed by atoms with Gasteiger partial charge in [-0.15, -0.1) is 11.3 Å². The summed E-state index contributed by atoms with van der Waals surface area (Å²) in [5, 5.41) is 3.56. The van der Waals surface area contributed by atoms with E-state index in [1.807, 2.05) is 0 Å². The highest BCUT2D eigenvalue weighted by molar-refractivity contribution is 9.10. The molecular formula is C11H12BrNS. The van der Waals surface area contributed by atoms with E-state index in [0.717, 1.165) is 4.47 Å². The normalized spacial score (nSPS) is 13.4. The fourth-order valence-corrected chi connectivity index (χ4v) is 3.16. The van der Waals surface area contributed by atoms with Crippen LogP contribution in [0.15, 0.2) is 28.1 Å². The molecule has 0 aliphatic heterocycles. The molecule has 3 heteroatoms. The molecule has 0 saturated carbocycles. The topological polar surface area (TPSA) is 26.0 Å². The van der Waals surface area contributed by atoms with Crippen LogP contribution in [0.1, 0.15) is 18.4 Å². The van der Waals surface area contributed by atoms with E-state index >= 15 is 0 Å². The van der Waals surface area contributed by atoms with E-state index in [2.05, 4.69) is 46.4 Å². The highest BCUT2D eigenvalue weighted by Gasteiger charge is 2.09. The Labute approximate surface area is 96.1 Å². The van der Waals surface area contributed by atoms with Crippen LogP contribution in [0, 0.1) is 0 Å². The summed E-state index contributed by atoms with van der Waals surface area (Å²) in [4.78, 5) is 0. The van der Waals surface area contributed by atoms with Crippen LogP contribution < -0.4 is 5.73 Å². The molecule has 1 nitrogen and oxygen atoms in total. The first-order valence-corrected chi connectivity index (χ1v) is 6.26. The van der Waals surface area contributed by atoms with Gasteiger partial charge in [0, 0.05) is 9.17 Å². The molecule has 14 heavy (non-hydrogen) atoms. The van der Waals surface area contributed by atoms with E-state index in [-0.39, 0.29) is 0 Å². The van der Waals surface area contributed by atoms with Gasteiger partial charge in [0.1, 0.15) is 0 Å². The van der Waals surface area contributed by atoms with Gasteiger partial charge in [-0.2, -0.15) is 0 Å². The van der Waals surface area contributed by atoms with Crippen molar-refractivity contribution in [2.24, 2.45) is 5.73 Å². The lowest BCUT2D eigenvalue weighted by Gasteiger charge is -2.06. The summed E-state index contributed by atoms with van der Waals surface area (Å²) in [6.07, 6.45) is 0. The Morgan fingerprint density at radius 2 is 2.29 bits per heavy atom. The van der Waals surface area contributed by atoms with Crippen molar-refractivity contribution in [3.8, 4) is 0 Å². The van der Waals surface area contributed by atoms with Crippen LogP contribution in [0.4, 0.5) is 0 Å². The van der Waals surface area contributed by atoms with Crippen LogP contribution in [0.3, 0.4) is 0 Å². The van der Waals surface area contributed by atoms with Crippen molar-refractivity contribution >= 4 is 37.4 Å². The lowest BCUT2D eigenvalue weighted by atomic mass is 10.0. The summed E-state index contributed by atoms with van der Waals surface area (Å²) in [5.41, 5.74) is 7.05. The van der Waals surface area contributed by atoms with E-state index in [1.54, 1.807) is 11.3 Å². The first-order chi connectivity index (χ1) is 6.72. The second-order valence-electron chi connectivity index (χ2n) is 3.47. The molecule has 2 N–H and O–H groups in total. The Morgan fingerprint density at radius 3 is 3.00 bits per heavy atom. The molecule has 2 rings (SSSR count). The van der Waals surface area contributed by atoms with Crippen LogP contribution in [0.2, 0.25) is 0 Å². The third-order valence-corrected chi connectivity index (χ3v) is 3.91. The number of fused-ring (bicyclic) bond motifs is 1. The predicted molar refractivity (Wildman–Crippen MR) is 67.0 cm³/mol. The van der Waals surface area contributed by atoms with E-state index in [0.29, 0.717) is 12.5 Å². The second-order valence-corrected chi connectivity index (χ2v) is 5.30. The maximum absolute atomic E-state index is 5.68. The highest BCUT2D eigenvalue weighted by atomic mass is 79.9. The first kappa shape index (κ1) is 10.1. The third kappa shape index (κ3) is 1.72. The van der Waals surface area contributed by atoms with Gasteiger partial charge in [-0.3, -0.25) is 0 Å². The quantitative estimate of drug-likeness (QED) is 0.884. The van der Waals surface area contributed by atoms with Gasteiger partial charge in [-0.05, 0) is 40.9 Å². The van der Waals surface area contributed by atoms with Crippen molar-refractivity contribution in [3.05, 3.63) is 33.6 Å². The van der Waals surface area contributed by atoms with Gasteiger partial charge < -0.3 is 5.73 Å². The molecule has 2 aromatic rings. The Hall–Kier alpha value is -0.380. The smallest absolute Gasteiger partial charge is 0.0356 e. The number of halogens is 1. The molecule has 0 saturated heterocycles. The molecule has 0 aliphatic rings. The van der Waals surface area contributed by atoms with Crippen molar-refractivity contribution in [2.45, 2.75) is 12.8 Å².